The van der Waals surface area contributed by atoms with E-state index in [2.05, 4.69) is 10.6 Å². The highest BCUT2D eigenvalue weighted by molar-refractivity contribution is 5.89. The second-order valence-corrected chi connectivity index (χ2v) is 5.58. The Morgan fingerprint density at radius 2 is 1.83 bits per heavy atom. The van der Waals surface area contributed by atoms with Crippen LogP contribution in [0.3, 0.4) is 0 Å². The number of aliphatic hydroxyl groups excluding tert-OH is 1. The molecule has 4 heteroatoms. The summed E-state index contributed by atoms with van der Waals surface area (Å²) in [5.41, 5.74) is 1.64. The lowest BCUT2D eigenvalue weighted by atomic mass is 9.89. The van der Waals surface area contributed by atoms with E-state index in [1.807, 2.05) is 52.0 Å². The molecule has 0 radical (unpaired) electrons. The van der Waals surface area contributed by atoms with Crippen LogP contribution >= 0.6 is 0 Å². The molecular formula is C14H22N2O2. The molecule has 2 amide bonds. The lowest BCUT2D eigenvalue weighted by Gasteiger charge is -2.25. The highest BCUT2D eigenvalue weighted by Crippen LogP contribution is 2.18. The third-order valence-corrected chi connectivity index (χ3v) is 2.77. The summed E-state index contributed by atoms with van der Waals surface area (Å²) in [6, 6.07) is 7.24. The van der Waals surface area contributed by atoms with Crippen molar-refractivity contribution in [3.05, 3.63) is 29.8 Å². The molecule has 0 spiro atoms. The van der Waals surface area contributed by atoms with Crippen molar-refractivity contribution in [2.24, 2.45) is 5.41 Å². The minimum atomic E-state index is -0.568. The van der Waals surface area contributed by atoms with E-state index >= 15 is 0 Å². The van der Waals surface area contributed by atoms with Crippen molar-refractivity contribution in [1.29, 1.82) is 0 Å². The first-order valence-electron chi connectivity index (χ1n) is 6.08. The van der Waals surface area contributed by atoms with E-state index in [9.17, 15) is 9.90 Å². The molecule has 0 saturated carbocycles. The predicted molar refractivity (Wildman–Crippen MR) is 73.7 cm³/mol. The Hall–Kier alpha value is -1.55. The summed E-state index contributed by atoms with van der Waals surface area (Å²) < 4.78 is 0. The number of anilines is 1. The third kappa shape index (κ3) is 4.75. The van der Waals surface area contributed by atoms with Crippen LogP contribution in [0.4, 0.5) is 10.5 Å². The average Bonchev–Trinajstić information content (AvgIpc) is 2.28. The van der Waals surface area contributed by atoms with Gasteiger partial charge in [-0.1, -0.05) is 38.5 Å². The molecule has 0 aliphatic heterocycles. The van der Waals surface area contributed by atoms with Crippen LogP contribution in [0, 0.1) is 12.3 Å². The molecule has 0 aliphatic rings. The van der Waals surface area contributed by atoms with Crippen molar-refractivity contribution in [3.8, 4) is 0 Å². The highest BCUT2D eigenvalue weighted by Gasteiger charge is 2.22. The molecule has 3 N–H and O–H groups in total. The van der Waals surface area contributed by atoms with Gasteiger partial charge in [0.1, 0.15) is 0 Å². The first-order valence-corrected chi connectivity index (χ1v) is 6.08. The van der Waals surface area contributed by atoms with Crippen LogP contribution < -0.4 is 10.6 Å². The SMILES string of the molecule is Cc1ccc(NC(=O)NCC(O)C(C)(C)C)cc1. The van der Waals surface area contributed by atoms with Crippen molar-refractivity contribution in [2.45, 2.75) is 33.8 Å². The maximum absolute atomic E-state index is 11.6. The summed E-state index contributed by atoms with van der Waals surface area (Å²) in [6.07, 6.45) is -0.568. The Morgan fingerprint density at radius 3 is 2.33 bits per heavy atom. The fourth-order valence-corrected chi connectivity index (χ4v) is 1.31. The standard InChI is InChI=1S/C14H22N2O2/c1-10-5-7-11(8-6-10)16-13(18)15-9-12(17)14(2,3)4/h5-8,12,17H,9H2,1-4H3,(H2,15,16,18). The first kappa shape index (κ1) is 14.5. The number of urea groups is 1. The first-order chi connectivity index (χ1) is 8.29. The fourth-order valence-electron chi connectivity index (χ4n) is 1.31. The van der Waals surface area contributed by atoms with Crippen molar-refractivity contribution in [1.82, 2.24) is 5.32 Å². The molecule has 1 aromatic rings. The Morgan fingerprint density at radius 1 is 1.28 bits per heavy atom. The van der Waals surface area contributed by atoms with Gasteiger partial charge in [-0.15, -0.1) is 0 Å². The van der Waals surface area contributed by atoms with Gasteiger partial charge < -0.3 is 15.7 Å². The van der Waals surface area contributed by atoms with Crippen molar-refractivity contribution >= 4 is 11.7 Å². The molecule has 100 valence electrons. The van der Waals surface area contributed by atoms with Crippen molar-refractivity contribution in [3.63, 3.8) is 0 Å². The zero-order valence-electron chi connectivity index (χ0n) is 11.4. The van der Waals surface area contributed by atoms with Gasteiger partial charge in [-0.25, -0.2) is 4.79 Å². The van der Waals surface area contributed by atoms with Gasteiger partial charge in [0.2, 0.25) is 0 Å². The minimum Gasteiger partial charge on any atom is -0.391 e. The maximum atomic E-state index is 11.6. The van der Waals surface area contributed by atoms with Gasteiger partial charge in [0, 0.05) is 12.2 Å². The van der Waals surface area contributed by atoms with Crippen LogP contribution in [0.15, 0.2) is 24.3 Å². The van der Waals surface area contributed by atoms with Gasteiger partial charge >= 0.3 is 6.03 Å². The largest absolute Gasteiger partial charge is 0.391 e. The van der Waals surface area contributed by atoms with Crippen LogP contribution in [0.5, 0.6) is 0 Å². The average molecular weight is 250 g/mol. The summed E-state index contributed by atoms with van der Waals surface area (Å²) in [5.74, 6) is 0. The molecule has 1 aromatic carbocycles. The Bertz CT molecular complexity index is 393. The molecule has 0 aromatic heterocycles. The summed E-state index contributed by atoms with van der Waals surface area (Å²) in [4.78, 5) is 11.6. The summed E-state index contributed by atoms with van der Waals surface area (Å²) >= 11 is 0. The fraction of sp³-hybridized carbons (Fsp3) is 0.500. The van der Waals surface area contributed by atoms with E-state index in [0.29, 0.717) is 0 Å². The predicted octanol–water partition coefficient (Wildman–Crippen LogP) is 2.52. The van der Waals surface area contributed by atoms with Gasteiger partial charge in [-0.05, 0) is 24.5 Å². The summed E-state index contributed by atoms with van der Waals surface area (Å²) in [5, 5.41) is 15.2. The number of rotatable bonds is 3. The molecule has 0 aliphatic carbocycles. The number of aryl methyl sites for hydroxylation is 1. The molecule has 1 atom stereocenters. The van der Waals surface area contributed by atoms with Gasteiger partial charge in [-0.2, -0.15) is 0 Å². The number of nitrogens with one attached hydrogen (secondary N) is 2. The van der Waals surface area contributed by atoms with Crippen LogP contribution in [0.1, 0.15) is 26.3 Å². The van der Waals surface area contributed by atoms with Crippen molar-refractivity contribution in [2.75, 3.05) is 11.9 Å². The number of benzene rings is 1. The van der Waals surface area contributed by atoms with E-state index in [-0.39, 0.29) is 18.0 Å². The van der Waals surface area contributed by atoms with Crippen LogP contribution in [-0.4, -0.2) is 23.8 Å². The molecular weight excluding hydrogens is 228 g/mol. The normalized spacial score (nSPS) is 12.9. The van der Waals surface area contributed by atoms with Crippen LogP contribution in [0.2, 0.25) is 0 Å². The lowest BCUT2D eigenvalue weighted by molar-refractivity contribution is 0.0654. The van der Waals surface area contributed by atoms with Gasteiger partial charge in [0.25, 0.3) is 0 Å². The highest BCUT2D eigenvalue weighted by atomic mass is 16.3. The van der Waals surface area contributed by atoms with Gasteiger partial charge in [-0.3, -0.25) is 0 Å². The van der Waals surface area contributed by atoms with Crippen LogP contribution in [0.25, 0.3) is 0 Å². The Kier molecular flexibility index (Phi) is 4.73. The number of hydrogen-bond donors (Lipinski definition) is 3. The number of carbonyl (C=O) groups is 1. The van der Waals surface area contributed by atoms with E-state index < -0.39 is 6.10 Å². The molecule has 0 saturated heterocycles. The summed E-state index contributed by atoms with van der Waals surface area (Å²) in [7, 11) is 0. The molecule has 18 heavy (non-hydrogen) atoms. The second kappa shape index (κ2) is 5.87. The monoisotopic (exact) mass is 250 g/mol. The van der Waals surface area contributed by atoms with E-state index in [1.54, 1.807) is 0 Å². The lowest BCUT2D eigenvalue weighted by Crippen LogP contribution is -2.40. The second-order valence-electron chi connectivity index (χ2n) is 5.58. The Labute approximate surface area is 108 Å². The van der Waals surface area contributed by atoms with E-state index in [1.165, 1.54) is 0 Å². The number of carbonyl (C=O) groups excluding carboxylic acids is 1. The Balaban J connectivity index is 2.41. The van der Waals surface area contributed by atoms with Gasteiger partial charge in [0.15, 0.2) is 0 Å². The topological polar surface area (TPSA) is 61.4 Å². The molecule has 0 fully saturated rings. The minimum absolute atomic E-state index is 0.237. The molecule has 1 rings (SSSR count). The molecule has 1 unspecified atom stereocenters. The molecule has 0 bridgehead atoms. The van der Waals surface area contributed by atoms with E-state index in [4.69, 9.17) is 0 Å². The van der Waals surface area contributed by atoms with E-state index in [0.717, 1.165) is 11.3 Å². The third-order valence-electron chi connectivity index (χ3n) is 2.77. The zero-order valence-corrected chi connectivity index (χ0v) is 11.4. The summed E-state index contributed by atoms with van der Waals surface area (Å²) in [6.45, 7) is 8.01. The quantitative estimate of drug-likeness (QED) is 0.772. The maximum Gasteiger partial charge on any atom is 0.319 e. The molecule has 0 heterocycles. The zero-order chi connectivity index (χ0) is 13.8. The van der Waals surface area contributed by atoms with Crippen molar-refractivity contribution < 1.29 is 9.90 Å². The number of aliphatic hydroxyl groups is 1. The van der Waals surface area contributed by atoms with Crippen LogP contribution in [-0.2, 0) is 0 Å². The molecule has 4 nitrogen and oxygen atoms in total. The number of hydrogen-bond acceptors (Lipinski definition) is 2. The smallest absolute Gasteiger partial charge is 0.319 e. The number of amides is 2. The van der Waals surface area contributed by atoms with Gasteiger partial charge in [0.05, 0.1) is 6.10 Å².